The molecule has 1 aromatic carbocycles. The van der Waals surface area contributed by atoms with Crippen LogP contribution in [0.3, 0.4) is 0 Å². The smallest absolute Gasteiger partial charge is 0.292 e. The highest BCUT2D eigenvalue weighted by Gasteiger charge is 2.18. The lowest BCUT2D eigenvalue weighted by molar-refractivity contribution is -0.383. The first kappa shape index (κ1) is 16.4. The molecule has 1 atom stereocenters. The van der Waals surface area contributed by atoms with Crippen LogP contribution in [0.25, 0.3) is 0 Å². The van der Waals surface area contributed by atoms with Crippen molar-refractivity contribution in [1.29, 1.82) is 0 Å². The lowest BCUT2D eigenvalue weighted by atomic mass is 10.1. The Balaban J connectivity index is 2.74. The molecule has 0 aliphatic rings. The van der Waals surface area contributed by atoms with E-state index in [2.05, 4.69) is 10.6 Å². The average Bonchev–Trinajstić information content (AvgIpc) is 2.43. The monoisotopic (exact) mass is 294 g/mol. The van der Waals surface area contributed by atoms with Gasteiger partial charge >= 0.3 is 0 Å². The Kier molecular flexibility index (Phi) is 5.65. The van der Waals surface area contributed by atoms with Crippen LogP contribution in [0.5, 0.6) is 0 Å². The van der Waals surface area contributed by atoms with E-state index in [-0.39, 0.29) is 22.8 Å². The number of nitrogens with two attached hydrogens (primary N) is 1. The Hall–Kier alpha value is -2.64. The first-order chi connectivity index (χ1) is 9.86. The van der Waals surface area contributed by atoms with E-state index in [1.165, 1.54) is 12.1 Å². The topological polar surface area (TPSA) is 127 Å². The maximum absolute atomic E-state index is 12.0. The third-order valence-corrected chi connectivity index (χ3v) is 2.78. The molecule has 8 nitrogen and oxygen atoms in total. The van der Waals surface area contributed by atoms with Gasteiger partial charge in [-0.2, -0.15) is 0 Å². The zero-order valence-electron chi connectivity index (χ0n) is 11.9. The maximum Gasteiger partial charge on any atom is 0.292 e. The predicted octanol–water partition coefficient (Wildman–Crippen LogP) is 0.821. The van der Waals surface area contributed by atoms with Crippen molar-refractivity contribution >= 4 is 23.2 Å². The van der Waals surface area contributed by atoms with Crippen molar-refractivity contribution < 1.29 is 14.5 Å². The quantitative estimate of drug-likeness (QED) is 0.406. The van der Waals surface area contributed by atoms with Crippen molar-refractivity contribution in [2.45, 2.75) is 26.3 Å². The van der Waals surface area contributed by atoms with Crippen LogP contribution in [0, 0.1) is 10.1 Å². The molecule has 21 heavy (non-hydrogen) atoms. The lowest BCUT2D eigenvalue weighted by Crippen LogP contribution is -2.45. The van der Waals surface area contributed by atoms with Crippen molar-refractivity contribution in [1.82, 2.24) is 10.6 Å². The number of amides is 2. The fraction of sp³-hybridized carbons (Fsp3) is 0.385. The molecular weight excluding hydrogens is 276 g/mol. The van der Waals surface area contributed by atoms with Crippen molar-refractivity contribution in [3.05, 3.63) is 33.9 Å². The molecule has 0 fully saturated rings. The zero-order chi connectivity index (χ0) is 16.0. The Labute approximate surface area is 121 Å². The highest BCUT2D eigenvalue weighted by atomic mass is 16.6. The summed E-state index contributed by atoms with van der Waals surface area (Å²) in [5, 5.41) is 15.8. The third kappa shape index (κ3) is 4.44. The maximum atomic E-state index is 12.0. The Morgan fingerprint density at radius 1 is 1.43 bits per heavy atom. The van der Waals surface area contributed by atoms with E-state index in [0.29, 0.717) is 6.54 Å². The van der Waals surface area contributed by atoms with Crippen molar-refractivity contribution in [2.24, 2.45) is 0 Å². The molecule has 0 saturated carbocycles. The molecule has 114 valence electrons. The van der Waals surface area contributed by atoms with Crippen LogP contribution >= 0.6 is 0 Å². The van der Waals surface area contributed by atoms with Crippen LogP contribution in [0.4, 0.5) is 11.4 Å². The van der Waals surface area contributed by atoms with Crippen LogP contribution in [-0.4, -0.2) is 29.3 Å². The van der Waals surface area contributed by atoms with Gasteiger partial charge in [0.2, 0.25) is 5.91 Å². The molecule has 0 aliphatic carbocycles. The summed E-state index contributed by atoms with van der Waals surface area (Å²) in [7, 11) is 0. The molecule has 1 aromatic rings. The molecule has 1 unspecified atom stereocenters. The number of carbonyl (C=O) groups excluding carboxylic acids is 2. The molecule has 0 radical (unpaired) electrons. The minimum atomic E-state index is -0.708. The van der Waals surface area contributed by atoms with Gasteiger partial charge in [-0.05, 0) is 25.5 Å². The van der Waals surface area contributed by atoms with Crippen LogP contribution in [0.1, 0.15) is 30.6 Å². The molecule has 0 saturated heterocycles. The number of nitro benzene ring substituents is 1. The number of nitrogens with one attached hydrogen (secondary N) is 2. The molecule has 0 bridgehead atoms. The van der Waals surface area contributed by atoms with Gasteiger partial charge in [0.1, 0.15) is 11.7 Å². The van der Waals surface area contributed by atoms with Gasteiger partial charge < -0.3 is 16.4 Å². The van der Waals surface area contributed by atoms with Crippen molar-refractivity contribution in [3.63, 3.8) is 0 Å². The van der Waals surface area contributed by atoms with Crippen LogP contribution in [-0.2, 0) is 4.79 Å². The van der Waals surface area contributed by atoms with Gasteiger partial charge in [-0.15, -0.1) is 0 Å². The molecule has 0 spiro atoms. The van der Waals surface area contributed by atoms with E-state index < -0.39 is 16.9 Å². The molecule has 8 heteroatoms. The van der Waals surface area contributed by atoms with Gasteiger partial charge in [0, 0.05) is 18.2 Å². The van der Waals surface area contributed by atoms with Gasteiger partial charge in [0.25, 0.3) is 11.6 Å². The van der Waals surface area contributed by atoms with Gasteiger partial charge in [0.05, 0.1) is 4.92 Å². The Morgan fingerprint density at radius 3 is 2.62 bits per heavy atom. The fourth-order valence-corrected chi connectivity index (χ4v) is 1.61. The van der Waals surface area contributed by atoms with Crippen LogP contribution < -0.4 is 16.4 Å². The number of nitrogens with zero attached hydrogens (tertiary/aromatic N) is 1. The summed E-state index contributed by atoms with van der Waals surface area (Å²) in [5.74, 6) is -0.809. The van der Waals surface area contributed by atoms with E-state index in [1.54, 1.807) is 6.92 Å². The highest BCUT2D eigenvalue weighted by molar-refractivity contribution is 5.98. The SMILES string of the molecule is CCCNC(=O)C(C)NC(=O)c1ccc([N+](=O)[O-])c(N)c1. The summed E-state index contributed by atoms with van der Waals surface area (Å²) in [6.45, 7) is 4.00. The number of carbonyl (C=O) groups is 2. The summed E-state index contributed by atoms with van der Waals surface area (Å²) in [5.41, 5.74) is 5.31. The number of rotatable bonds is 6. The molecule has 0 aliphatic heterocycles. The molecule has 1 rings (SSSR count). The van der Waals surface area contributed by atoms with Crippen LogP contribution in [0.15, 0.2) is 18.2 Å². The summed E-state index contributed by atoms with van der Waals surface area (Å²) in [4.78, 5) is 33.6. The predicted molar refractivity (Wildman–Crippen MR) is 77.7 cm³/mol. The van der Waals surface area contributed by atoms with E-state index >= 15 is 0 Å². The first-order valence-corrected chi connectivity index (χ1v) is 6.49. The minimum Gasteiger partial charge on any atom is -0.393 e. The highest BCUT2D eigenvalue weighted by Crippen LogP contribution is 2.21. The molecular formula is C13H18N4O4. The molecule has 0 aromatic heterocycles. The van der Waals surface area contributed by atoms with E-state index in [1.807, 2.05) is 6.92 Å². The number of nitro groups is 1. The second kappa shape index (κ2) is 7.22. The molecule has 2 amide bonds. The normalized spacial score (nSPS) is 11.5. The first-order valence-electron chi connectivity index (χ1n) is 6.49. The van der Waals surface area contributed by atoms with Gasteiger partial charge in [-0.3, -0.25) is 19.7 Å². The van der Waals surface area contributed by atoms with Gasteiger partial charge in [-0.1, -0.05) is 6.92 Å². The Bertz CT molecular complexity index is 559. The number of hydrogen-bond donors (Lipinski definition) is 3. The zero-order valence-corrected chi connectivity index (χ0v) is 11.9. The largest absolute Gasteiger partial charge is 0.393 e. The van der Waals surface area contributed by atoms with E-state index in [4.69, 9.17) is 5.73 Å². The van der Waals surface area contributed by atoms with Crippen molar-refractivity contribution in [2.75, 3.05) is 12.3 Å². The molecule has 0 heterocycles. The van der Waals surface area contributed by atoms with Crippen LogP contribution in [0.2, 0.25) is 0 Å². The number of anilines is 1. The van der Waals surface area contributed by atoms with Gasteiger partial charge in [0.15, 0.2) is 0 Å². The average molecular weight is 294 g/mol. The lowest BCUT2D eigenvalue weighted by Gasteiger charge is -2.14. The van der Waals surface area contributed by atoms with Crippen molar-refractivity contribution in [3.8, 4) is 0 Å². The van der Waals surface area contributed by atoms with E-state index in [9.17, 15) is 19.7 Å². The second-order valence-corrected chi connectivity index (χ2v) is 4.52. The summed E-state index contributed by atoms with van der Waals surface area (Å²) >= 11 is 0. The third-order valence-electron chi connectivity index (χ3n) is 2.78. The Morgan fingerprint density at radius 2 is 2.10 bits per heavy atom. The standard InChI is InChI=1S/C13H18N4O4/c1-3-6-15-12(18)8(2)16-13(19)9-4-5-11(17(20)21)10(14)7-9/h4-5,7-8H,3,6,14H2,1-2H3,(H,15,18)(H,16,19). The summed E-state index contributed by atoms with van der Waals surface area (Å²) in [6.07, 6.45) is 0.797. The number of nitrogen functional groups attached to an aromatic ring is 1. The number of benzene rings is 1. The summed E-state index contributed by atoms with van der Waals surface area (Å²) in [6, 6.07) is 2.96. The molecule has 4 N–H and O–H groups in total. The van der Waals surface area contributed by atoms with E-state index in [0.717, 1.165) is 12.5 Å². The van der Waals surface area contributed by atoms with Gasteiger partial charge in [-0.25, -0.2) is 0 Å². The number of hydrogen-bond acceptors (Lipinski definition) is 5. The summed E-state index contributed by atoms with van der Waals surface area (Å²) < 4.78 is 0. The minimum absolute atomic E-state index is 0.101. The fourth-order valence-electron chi connectivity index (χ4n) is 1.61. The second-order valence-electron chi connectivity index (χ2n) is 4.52.